The van der Waals surface area contributed by atoms with Crippen LogP contribution in [0.25, 0.3) is 0 Å². The summed E-state index contributed by atoms with van der Waals surface area (Å²) in [4.78, 5) is 41.9. The molecule has 1 N–H and O–H groups in total. The summed E-state index contributed by atoms with van der Waals surface area (Å²) in [6, 6.07) is 1.80. The summed E-state index contributed by atoms with van der Waals surface area (Å²) in [5, 5.41) is 2.80. The minimum absolute atomic E-state index is 0.150. The fraction of sp³-hybridized carbons (Fsp3) is 0.759. The van der Waals surface area contributed by atoms with Crippen LogP contribution in [0, 0.1) is 5.92 Å². The molecule has 1 heterocycles. The molecular weight excluding hydrogens is 454 g/mol. The number of nitrogens with one attached hydrogen (secondary N) is 1. The number of unbranched alkanes of at least 4 members (excludes halogenated alkanes) is 1. The van der Waals surface area contributed by atoms with Crippen LogP contribution < -0.4 is 10.9 Å². The maximum absolute atomic E-state index is 13.7. The zero-order valence-corrected chi connectivity index (χ0v) is 23.0. The number of carbonyl (C=O) groups excluding carboxylic acids is 2. The van der Waals surface area contributed by atoms with E-state index in [1.54, 1.807) is 19.9 Å². The third-order valence-electron chi connectivity index (χ3n) is 7.68. The molecule has 1 fully saturated rings. The zero-order chi connectivity index (χ0) is 26.1. The molecule has 36 heavy (non-hydrogen) atoms. The van der Waals surface area contributed by atoms with E-state index >= 15 is 0 Å². The van der Waals surface area contributed by atoms with E-state index in [0.29, 0.717) is 19.1 Å². The van der Waals surface area contributed by atoms with Gasteiger partial charge < -0.3 is 19.5 Å². The van der Waals surface area contributed by atoms with E-state index in [0.717, 1.165) is 69.2 Å². The van der Waals surface area contributed by atoms with E-state index in [4.69, 9.17) is 4.74 Å². The second kappa shape index (κ2) is 13.4. The number of aromatic nitrogens is 1. The van der Waals surface area contributed by atoms with Gasteiger partial charge in [-0.1, -0.05) is 32.1 Å². The summed E-state index contributed by atoms with van der Waals surface area (Å²) >= 11 is 0. The SMILES string of the molecule is CN(C)CCCCOC(=O)C(C)(C)NC(=O)c1cc2c(n(CC3CCCCC3)c1=O)CCCCCC2. The van der Waals surface area contributed by atoms with E-state index < -0.39 is 17.4 Å². The predicted molar refractivity (Wildman–Crippen MR) is 143 cm³/mol. The lowest BCUT2D eigenvalue weighted by Crippen LogP contribution is -2.52. The molecule has 2 aliphatic rings. The fourth-order valence-corrected chi connectivity index (χ4v) is 5.50. The van der Waals surface area contributed by atoms with Crippen LogP contribution in [-0.2, 0) is 28.9 Å². The van der Waals surface area contributed by atoms with Crippen LogP contribution in [0.3, 0.4) is 0 Å². The first kappa shape index (κ1) is 28.4. The Hall–Kier alpha value is -2.15. The Morgan fingerprint density at radius 1 is 1.03 bits per heavy atom. The molecule has 3 rings (SSSR count). The minimum atomic E-state index is -1.22. The van der Waals surface area contributed by atoms with Crippen LogP contribution in [0.2, 0.25) is 0 Å². The van der Waals surface area contributed by atoms with Crippen molar-refractivity contribution >= 4 is 11.9 Å². The lowest BCUT2D eigenvalue weighted by molar-refractivity contribution is -0.150. The molecule has 0 spiro atoms. The van der Waals surface area contributed by atoms with Crippen molar-refractivity contribution in [3.05, 3.63) is 33.2 Å². The van der Waals surface area contributed by atoms with Crippen molar-refractivity contribution in [1.82, 2.24) is 14.8 Å². The van der Waals surface area contributed by atoms with Gasteiger partial charge in [-0.25, -0.2) is 4.79 Å². The van der Waals surface area contributed by atoms with Crippen LogP contribution in [0.15, 0.2) is 10.9 Å². The first-order valence-corrected chi connectivity index (χ1v) is 14.1. The van der Waals surface area contributed by atoms with Gasteiger partial charge in [-0.3, -0.25) is 9.59 Å². The summed E-state index contributed by atoms with van der Waals surface area (Å²) in [6.07, 6.45) is 14.0. The molecule has 0 bridgehead atoms. The molecule has 0 aliphatic heterocycles. The van der Waals surface area contributed by atoms with Crippen molar-refractivity contribution in [1.29, 1.82) is 0 Å². The third-order valence-corrected chi connectivity index (χ3v) is 7.68. The summed E-state index contributed by atoms with van der Waals surface area (Å²) in [6.45, 7) is 5.23. The molecular formula is C29H47N3O4. The second-order valence-electron chi connectivity index (χ2n) is 11.6. The zero-order valence-electron chi connectivity index (χ0n) is 23.0. The molecule has 1 aromatic heterocycles. The molecule has 0 saturated heterocycles. The molecule has 2 aliphatic carbocycles. The standard InChI is InChI=1S/C29H47N3O4/c1-29(2,28(35)36-19-13-12-18-31(3)4)30-26(33)24-20-23-16-10-5-6-11-17-25(23)32(27(24)34)21-22-14-8-7-9-15-22/h20,22H,5-19,21H2,1-4H3,(H,30,33). The van der Waals surface area contributed by atoms with Gasteiger partial charge in [-0.2, -0.15) is 0 Å². The van der Waals surface area contributed by atoms with Gasteiger partial charge in [-0.05, 0) is 103 Å². The lowest BCUT2D eigenvalue weighted by atomic mass is 9.88. The van der Waals surface area contributed by atoms with Crippen LogP contribution >= 0.6 is 0 Å². The van der Waals surface area contributed by atoms with Gasteiger partial charge in [0.05, 0.1) is 6.61 Å². The quantitative estimate of drug-likeness (QED) is 0.378. The van der Waals surface area contributed by atoms with Crippen LogP contribution in [0.5, 0.6) is 0 Å². The average Bonchev–Trinajstić information content (AvgIpc) is 2.81. The molecule has 0 radical (unpaired) electrons. The Balaban J connectivity index is 1.77. The minimum Gasteiger partial charge on any atom is -0.464 e. The highest BCUT2D eigenvalue weighted by molar-refractivity contribution is 5.97. The normalized spacial score (nSPS) is 17.2. The number of hydrogen-bond donors (Lipinski definition) is 1. The molecule has 7 heteroatoms. The number of fused-ring (bicyclic) bond motifs is 1. The maximum atomic E-state index is 13.7. The van der Waals surface area contributed by atoms with E-state index in [1.807, 2.05) is 18.7 Å². The van der Waals surface area contributed by atoms with E-state index in [9.17, 15) is 14.4 Å². The number of ether oxygens (including phenoxy) is 1. The van der Waals surface area contributed by atoms with Crippen molar-refractivity contribution in [2.45, 2.75) is 109 Å². The Kier molecular flexibility index (Phi) is 10.6. The van der Waals surface area contributed by atoms with Gasteiger partial charge in [0.1, 0.15) is 11.1 Å². The van der Waals surface area contributed by atoms with Crippen molar-refractivity contribution < 1.29 is 14.3 Å². The molecule has 1 saturated carbocycles. The number of rotatable bonds is 10. The predicted octanol–water partition coefficient (Wildman–Crippen LogP) is 4.48. The third kappa shape index (κ3) is 7.92. The van der Waals surface area contributed by atoms with Gasteiger partial charge in [0.2, 0.25) is 0 Å². The topological polar surface area (TPSA) is 80.6 Å². The fourth-order valence-electron chi connectivity index (χ4n) is 5.50. The van der Waals surface area contributed by atoms with Crippen molar-refractivity contribution in [2.75, 3.05) is 27.2 Å². The number of pyridine rings is 1. The number of amides is 1. The number of carbonyl (C=O) groups is 2. The first-order valence-electron chi connectivity index (χ1n) is 14.1. The first-order chi connectivity index (χ1) is 17.2. The molecule has 1 aromatic rings. The smallest absolute Gasteiger partial charge is 0.331 e. The van der Waals surface area contributed by atoms with Gasteiger partial charge >= 0.3 is 5.97 Å². The van der Waals surface area contributed by atoms with E-state index in [-0.39, 0.29) is 11.1 Å². The van der Waals surface area contributed by atoms with Crippen LogP contribution in [-0.4, -0.2) is 54.1 Å². The number of nitrogens with zero attached hydrogens (tertiary/aromatic N) is 2. The summed E-state index contributed by atoms with van der Waals surface area (Å²) in [5.41, 5.74) is 0.959. The molecule has 0 atom stereocenters. The Labute approximate surface area is 217 Å². The molecule has 0 aromatic carbocycles. The number of esters is 1. The van der Waals surface area contributed by atoms with E-state index in [1.165, 1.54) is 32.1 Å². The van der Waals surface area contributed by atoms with Gasteiger partial charge in [0, 0.05) is 12.2 Å². The number of hydrogen-bond acceptors (Lipinski definition) is 5. The largest absolute Gasteiger partial charge is 0.464 e. The maximum Gasteiger partial charge on any atom is 0.331 e. The highest BCUT2D eigenvalue weighted by Crippen LogP contribution is 2.27. The van der Waals surface area contributed by atoms with E-state index in [2.05, 4.69) is 10.2 Å². The van der Waals surface area contributed by atoms with Crippen LogP contribution in [0.1, 0.15) is 106 Å². The second-order valence-corrected chi connectivity index (χ2v) is 11.6. The lowest BCUT2D eigenvalue weighted by Gasteiger charge is -2.27. The Morgan fingerprint density at radius 2 is 1.69 bits per heavy atom. The summed E-state index contributed by atoms with van der Waals surface area (Å²) in [5.74, 6) is -0.477. The van der Waals surface area contributed by atoms with Gasteiger partial charge in [0.15, 0.2) is 0 Å². The van der Waals surface area contributed by atoms with Crippen LogP contribution in [0.4, 0.5) is 0 Å². The monoisotopic (exact) mass is 501 g/mol. The van der Waals surface area contributed by atoms with Crippen molar-refractivity contribution in [2.24, 2.45) is 5.92 Å². The average molecular weight is 502 g/mol. The summed E-state index contributed by atoms with van der Waals surface area (Å²) in [7, 11) is 4.02. The molecule has 0 unspecified atom stereocenters. The van der Waals surface area contributed by atoms with Gasteiger partial charge in [-0.15, -0.1) is 0 Å². The van der Waals surface area contributed by atoms with Crippen molar-refractivity contribution in [3.63, 3.8) is 0 Å². The number of aryl methyl sites for hydroxylation is 1. The highest BCUT2D eigenvalue weighted by Gasteiger charge is 2.33. The Morgan fingerprint density at radius 3 is 2.39 bits per heavy atom. The molecule has 1 amide bonds. The molecule has 7 nitrogen and oxygen atoms in total. The van der Waals surface area contributed by atoms with Gasteiger partial charge in [0.25, 0.3) is 11.5 Å². The Bertz CT molecular complexity index is 945. The molecule has 202 valence electrons. The van der Waals surface area contributed by atoms with Crippen molar-refractivity contribution in [3.8, 4) is 0 Å². The highest BCUT2D eigenvalue weighted by atomic mass is 16.5. The summed E-state index contributed by atoms with van der Waals surface area (Å²) < 4.78 is 7.36.